The van der Waals surface area contributed by atoms with Crippen molar-refractivity contribution in [2.75, 3.05) is 12.8 Å². The van der Waals surface area contributed by atoms with Crippen LogP contribution < -0.4 is 5.73 Å². The molecule has 0 saturated heterocycles. The SMILES string of the molecule is COC(Cc1ccc(N)cc1)(C(C)=O)C(=O)O. The summed E-state index contributed by atoms with van der Waals surface area (Å²) in [5.74, 6) is -1.83. The van der Waals surface area contributed by atoms with Gasteiger partial charge in [0, 0.05) is 19.2 Å². The summed E-state index contributed by atoms with van der Waals surface area (Å²) in [5.41, 5.74) is 4.96. The number of benzene rings is 1. The Balaban J connectivity index is 3.06. The molecule has 0 radical (unpaired) electrons. The van der Waals surface area contributed by atoms with E-state index in [2.05, 4.69) is 0 Å². The number of carboxylic acid groups (broad SMARTS) is 1. The van der Waals surface area contributed by atoms with Crippen molar-refractivity contribution in [3.05, 3.63) is 29.8 Å². The van der Waals surface area contributed by atoms with Gasteiger partial charge in [0.25, 0.3) is 0 Å². The fraction of sp³-hybridized carbons (Fsp3) is 0.333. The highest BCUT2D eigenvalue weighted by atomic mass is 16.5. The van der Waals surface area contributed by atoms with Gasteiger partial charge >= 0.3 is 5.97 Å². The average molecular weight is 237 g/mol. The van der Waals surface area contributed by atoms with Crippen molar-refractivity contribution in [1.29, 1.82) is 0 Å². The molecular weight excluding hydrogens is 222 g/mol. The monoisotopic (exact) mass is 237 g/mol. The first-order valence-electron chi connectivity index (χ1n) is 5.06. The molecule has 0 aliphatic rings. The second-order valence-corrected chi connectivity index (χ2v) is 3.81. The molecule has 1 atom stereocenters. The van der Waals surface area contributed by atoms with Gasteiger partial charge in [-0.05, 0) is 24.6 Å². The van der Waals surface area contributed by atoms with E-state index >= 15 is 0 Å². The van der Waals surface area contributed by atoms with E-state index in [0.29, 0.717) is 11.3 Å². The third kappa shape index (κ3) is 2.62. The second-order valence-electron chi connectivity index (χ2n) is 3.81. The minimum absolute atomic E-state index is 0.0194. The zero-order valence-corrected chi connectivity index (χ0v) is 9.77. The lowest BCUT2D eigenvalue weighted by Crippen LogP contribution is -2.49. The molecule has 1 aromatic rings. The molecule has 0 spiro atoms. The number of hydrogen-bond acceptors (Lipinski definition) is 4. The van der Waals surface area contributed by atoms with Crippen LogP contribution in [0.2, 0.25) is 0 Å². The zero-order valence-electron chi connectivity index (χ0n) is 9.77. The maximum absolute atomic E-state index is 11.5. The molecule has 0 bridgehead atoms. The molecule has 3 N–H and O–H groups in total. The molecule has 0 fully saturated rings. The normalized spacial score (nSPS) is 14.0. The minimum atomic E-state index is -1.82. The van der Waals surface area contributed by atoms with E-state index in [1.54, 1.807) is 24.3 Å². The van der Waals surface area contributed by atoms with Crippen LogP contribution in [0.1, 0.15) is 12.5 Å². The smallest absolute Gasteiger partial charge is 0.344 e. The van der Waals surface area contributed by atoms with Crippen molar-refractivity contribution < 1.29 is 19.4 Å². The first-order chi connectivity index (χ1) is 7.92. The number of Topliss-reactive ketones (excluding diaryl/α,β-unsaturated/α-hetero) is 1. The van der Waals surface area contributed by atoms with Crippen LogP contribution in [-0.4, -0.2) is 29.6 Å². The number of carbonyl (C=O) groups is 2. The zero-order chi connectivity index (χ0) is 13.1. The number of aliphatic carboxylic acids is 1. The predicted molar refractivity (Wildman–Crippen MR) is 62.6 cm³/mol. The molecule has 0 aromatic heterocycles. The molecule has 0 amide bonds. The van der Waals surface area contributed by atoms with Gasteiger partial charge in [-0.3, -0.25) is 4.79 Å². The van der Waals surface area contributed by atoms with E-state index in [0.717, 1.165) is 0 Å². The van der Waals surface area contributed by atoms with Crippen molar-refractivity contribution in [2.24, 2.45) is 0 Å². The lowest BCUT2D eigenvalue weighted by atomic mass is 9.90. The predicted octanol–water partition coefficient (Wildman–Crippen LogP) is 0.870. The summed E-state index contributed by atoms with van der Waals surface area (Å²) in [7, 11) is 1.22. The third-order valence-electron chi connectivity index (χ3n) is 2.70. The molecule has 1 aromatic carbocycles. The maximum Gasteiger partial charge on any atom is 0.344 e. The van der Waals surface area contributed by atoms with Gasteiger partial charge in [0.15, 0.2) is 5.78 Å². The van der Waals surface area contributed by atoms with Crippen LogP contribution in [0.25, 0.3) is 0 Å². The topological polar surface area (TPSA) is 89.6 Å². The van der Waals surface area contributed by atoms with Crippen LogP contribution in [-0.2, 0) is 20.7 Å². The molecule has 0 aliphatic heterocycles. The van der Waals surface area contributed by atoms with E-state index < -0.39 is 17.4 Å². The quantitative estimate of drug-likeness (QED) is 0.586. The first-order valence-corrected chi connectivity index (χ1v) is 5.06. The summed E-state index contributed by atoms with van der Waals surface area (Å²) in [6.07, 6.45) is -0.0194. The number of carboxylic acids is 1. The highest BCUT2D eigenvalue weighted by molar-refractivity contribution is 6.05. The largest absolute Gasteiger partial charge is 0.479 e. The summed E-state index contributed by atoms with van der Waals surface area (Å²) in [6, 6.07) is 6.65. The van der Waals surface area contributed by atoms with E-state index in [9.17, 15) is 9.59 Å². The van der Waals surface area contributed by atoms with Crippen molar-refractivity contribution in [1.82, 2.24) is 0 Å². The van der Waals surface area contributed by atoms with Crippen LogP contribution >= 0.6 is 0 Å². The molecule has 0 heterocycles. The first kappa shape index (κ1) is 13.2. The van der Waals surface area contributed by atoms with Gasteiger partial charge < -0.3 is 15.6 Å². The Morgan fingerprint density at radius 3 is 2.24 bits per heavy atom. The van der Waals surface area contributed by atoms with Crippen LogP contribution in [0.5, 0.6) is 0 Å². The number of ketones is 1. The van der Waals surface area contributed by atoms with Gasteiger partial charge in [0.05, 0.1) is 0 Å². The molecule has 0 aliphatic carbocycles. The van der Waals surface area contributed by atoms with Crippen LogP contribution in [0.3, 0.4) is 0 Å². The molecule has 1 unspecified atom stereocenters. The van der Waals surface area contributed by atoms with Crippen LogP contribution in [0, 0.1) is 0 Å². The van der Waals surface area contributed by atoms with Crippen molar-refractivity contribution in [2.45, 2.75) is 18.9 Å². The molecule has 5 nitrogen and oxygen atoms in total. The number of carbonyl (C=O) groups excluding carboxylic acids is 1. The van der Waals surface area contributed by atoms with Crippen molar-refractivity contribution >= 4 is 17.4 Å². The fourth-order valence-corrected chi connectivity index (χ4v) is 1.58. The number of anilines is 1. The number of nitrogens with two attached hydrogens (primary N) is 1. The van der Waals surface area contributed by atoms with Gasteiger partial charge in [-0.25, -0.2) is 4.79 Å². The molecular formula is C12H15NO4. The lowest BCUT2D eigenvalue weighted by molar-refractivity contribution is -0.167. The van der Waals surface area contributed by atoms with Gasteiger partial charge in [-0.1, -0.05) is 12.1 Å². The summed E-state index contributed by atoms with van der Waals surface area (Å²) >= 11 is 0. The lowest BCUT2D eigenvalue weighted by Gasteiger charge is -2.25. The highest BCUT2D eigenvalue weighted by Gasteiger charge is 2.43. The van der Waals surface area contributed by atoms with E-state index in [1.807, 2.05) is 0 Å². The third-order valence-corrected chi connectivity index (χ3v) is 2.70. The summed E-state index contributed by atoms with van der Waals surface area (Å²) in [5, 5.41) is 9.14. The Bertz CT molecular complexity index is 411. The molecule has 17 heavy (non-hydrogen) atoms. The number of hydrogen-bond donors (Lipinski definition) is 2. The van der Waals surface area contributed by atoms with Crippen LogP contribution in [0.15, 0.2) is 24.3 Å². The van der Waals surface area contributed by atoms with Gasteiger partial charge in [-0.2, -0.15) is 0 Å². The van der Waals surface area contributed by atoms with Crippen molar-refractivity contribution in [3.8, 4) is 0 Å². The fourth-order valence-electron chi connectivity index (χ4n) is 1.58. The Labute approximate surface area is 99.2 Å². The van der Waals surface area contributed by atoms with E-state index in [-0.39, 0.29) is 6.42 Å². The van der Waals surface area contributed by atoms with Crippen LogP contribution in [0.4, 0.5) is 5.69 Å². The standard InChI is InChI=1S/C12H15NO4/c1-8(14)12(17-2,11(15)16)7-9-3-5-10(13)6-4-9/h3-6H,7,13H2,1-2H3,(H,15,16). The Hall–Kier alpha value is -1.88. The number of ether oxygens (including phenoxy) is 1. The summed E-state index contributed by atoms with van der Waals surface area (Å²) in [4.78, 5) is 22.7. The van der Waals surface area contributed by atoms with E-state index in [1.165, 1.54) is 14.0 Å². The summed E-state index contributed by atoms with van der Waals surface area (Å²) < 4.78 is 4.91. The molecule has 92 valence electrons. The number of nitrogen functional groups attached to an aromatic ring is 1. The maximum atomic E-state index is 11.5. The average Bonchev–Trinajstić information content (AvgIpc) is 2.27. The van der Waals surface area contributed by atoms with Gasteiger partial charge in [0.1, 0.15) is 0 Å². The minimum Gasteiger partial charge on any atom is -0.479 e. The second kappa shape index (κ2) is 4.97. The Morgan fingerprint density at radius 1 is 1.35 bits per heavy atom. The molecule has 5 heteroatoms. The molecule has 0 saturated carbocycles. The van der Waals surface area contributed by atoms with Gasteiger partial charge in [0.2, 0.25) is 5.60 Å². The Morgan fingerprint density at radius 2 is 1.88 bits per heavy atom. The van der Waals surface area contributed by atoms with Crippen molar-refractivity contribution in [3.63, 3.8) is 0 Å². The molecule has 1 rings (SSSR count). The highest BCUT2D eigenvalue weighted by Crippen LogP contribution is 2.20. The van der Waals surface area contributed by atoms with Gasteiger partial charge in [-0.15, -0.1) is 0 Å². The number of rotatable bonds is 5. The summed E-state index contributed by atoms with van der Waals surface area (Å²) in [6.45, 7) is 1.20. The van der Waals surface area contributed by atoms with E-state index in [4.69, 9.17) is 15.6 Å². The Kier molecular flexibility index (Phi) is 3.85. The number of methoxy groups -OCH3 is 1.